The maximum absolute atomic E-state index is 13.5. The molecule has 2 aliphatic heterocycles. The lowest BCUT2D eigenvalue weighted by Crippen LogP contribution is -2.53. The molecule has 3 N–H and O–H groups in total. The Hall–Kier alpha value is -3.06. The average molecular weight is 424 g/mol. The smallest absolute Gasteiger partial charge is 0.240 e. The summed E-state index contributed by atoms with van der Waals surface area (Å²) in [7, 11) is 1.53. The summed E-state index contributed by atoms with van der Waals surface area (Å²) in [5, 5.41) is 9.91. The Labute approximate surface area is 182 Å². The number of fused-ring (bicyclic) bond motifs is 1. The van der Waals surface area contributed by atoms with Crippen LogP contribution in [0.15, 0.2) is 42.5 Å². The minimum atomic E-state index is -0.278. The van der Waals surface area contributed by atoms with Crippen molar-refractivity contribution in [2.45, 2.75) is 38.4 Å². The molecule has 2 aromatic rings. The number of primary amides is 1. The molecule has 0 bridgehead atoms. The summed E-state index contributed by atoms with van der Waals surface area (Å²) in [5.41, 5.74) is 8.85. The molecule has 2 aromatic carbocycles. The molecule has 7 heteroatoms. The molecule has 164 valence electrons. The summed E-state index contributed by atoms with van der Waals surface area (Å²) in [4.78, 5) is 29.1. The fourth-order valence-electron chi connectivity index (χ4n) is 4.64. The molecule has 1 atom stereocenters. The van der Waals surface area contributed by atoms with Gasteiger partial charge in [-0.3, -0.25) is 14.5 Å². The van der Waals surface area contributed by atoms with E-state index in [2.05, 4.69) is 17.0 Å². The lowest BCUT2D eigenvalue weighted by molar-refractivity contribution is -0.140. The predicted octanol–water partition coefficient (Wildman–Crippen LogP) is 2.05. The van der Waals surface area contributed by atoms with E-state index in [-0.39, 0.29) is 29.5 Å². The van der Waals surface area contributed by atoms with Gasteiger partial charge >= 0.3 is 0 Å². The number of amides is 2. The number of methoxy groups -OCH3 is 1. The first-order valence-corrected chi connectivity index (χ1v) is 10.7. The van der Waals surface area contributed by atoms with E-state index in [0.717, 1.165) is 5.56 Å². The lowest BCUT2D eigenvalue weighted by Gasteiger charge is -2.40. The second kappa shape index (κ2) is 8.98. The van der Waals surface area contributed by atoms with E-state index < -0.39 is 0 Å². The average Bonchev–Trinajstić information content (AvgIpc) is 2.79. The van der Waals surface area contributed by atoms with Crippen molar-refractivity contribution < 1.29 is 19.4 Å². The number of piperidine rings is 1. The molecule has 2 aliphatic rings. The first-order chi connectivity index (χ1) is 15.0. The third-order valence-electron chi connectivity index (χ3n) is 6.47. The van der Waals surface area contributed by atoms with Crippen LogP contribution >= 0.6 is 0 Å². The Morgan fingerprint density at radius 1 is 1.13 bits per heavy atom. The highest BCUT2D eigenvalue weighted by molar-refractivity contribution is 5.83. The SMILES string of the molecule is COc1cc(CN2Cc3ccccc3C[C@H]2C(=O)N2CCC(C(N)=O)CC2)ccc1O. The van der Waals surface area contributed by atoms with E-state index in [9.17, 15) is 14.7 Å². The van der Waals surface area contributed by atoms with Crippen LogP contribution in [0.5, 0.6) is 11.5 Å². The number of ether oxygens (including phenoxy) is 1. The van der Waals surface area contributed by atoms with Crippen molar-refractivity contribution in [1.29, 1.82) is 0 Å². The first-order valence-electron chi connectivity index (χ1n) is 10.7. The highest BCUT2D eigenvalue weighted by atomic mass is 16.5. The molecule has 0 unspecified atom stereocenters. The maximum atomic E-state index is 13.5. The summed E-state index contributed by atoms with van der Waals surface area (Å²) in [5.74, 6) is 0.202. The van der Waals surface area contributed by atoms with Crippen LogP contribution in [-0.2, 0) is 29.1 Å². The molecule has 4 rings (SSSR count). The lowest BCUT2D eigenvalue weighted by atomic mass is 9.91. The normalized spacial score (nSPS) is 19.6. The highest BCUT2D eigenvalue weighted by Gasteiger charge is 2.36. The van der Waals surface area contributed by atoms with Gasteiger partial charge in [0.1, 0.15) is 0 Å². The van der Waals surface area contributed by atoms with E-state index in [4.69, 9.17) is 10.5 Å². The number of phenolic OH excluding ortho intramolecular Hbond substituents is 1. The van der Waals surface area contributed by atoms with Crippen molar-refractivity contribution in [2.24, 2.45) is 11.7 Å². The number of benzene rings is 2. The van der Waals surface area contributed by atoms with Crippen LogP contribution in [0, 0.1) is 5.92 Å². The zero-order chi connectivity index (χ0) is 22.0. The number of aromatic hydroxyl groups is 1. The van der Waals surface area contributed by atoms with Crippen molar-refractivity contribution in [3.8, 4) is 11.5 Å². The van der Waals surface area contributed by atoms with Gasteiger partial charge < -0.3 is 20.5 Å². The van der Waals surface area contributed by atoms with Crippen LogP contribution in [0.3, 0.4) is 0 Å². The molecule has 0 saturated carbocycles. The summed E-state index contributed by atoms with van der Waals surface area (Å²) in [6, 6.07) is 13.3. The Morgan fingerprint density at radius 2 is 1.84 bits per heavy atom. The van der Waals surface area contributed by atoms with Crippen molar-refractivity contribution in [3.63, 3.8) is 0 Å². The van der Waals surface area contributed by atoms with Crippen molar-refractivity contribution in [2.75, 3.05) is 20.2 Å². The quantitative estimate of drug-likeness (QED) is 0.767. The van der Waals surface area contributed by atoms with Crippen LogP contribution in [0.2, 0.25) is 0 Å². The molecule has 2 amide bonds. The molecule has 0 aliphatic carbocycles. The number of likely N-dealkylation sites (tertiary alicyclic amines) is 1. The number of nitrogens with zero attached hydrogens (tertiary/aromatic N) is 2. The van der Waals surface area contributed by atoms with Gasteiger partial charge in [-0.05, 0) is 48.1 Å². The molecular formula is C24H29N3O4. The van der Waals surface area contributed by atoms with Gasteiger partial charge in [-0.1, -0.05) is 30.3 Å². The van der Waals surface area contributed by atoms with Crippen LogP contribution < -0.4 is 10.5 Å². The number of hydrogen-bond acceptors (Lipinski definition) is 5. The minimum absolute atomic E-state index is 0.0974. The monoisotopic (exact) mass is 423 g/mol. The van der Waals surface area contributed by atoms with Gasteiger partial charge in [0, 0.05) is 32.1 Å². The standard InChI is InChI=1S/C24H29N3O4/c1-31-22-12-16(6-7-21(22)28)14-27-15-19-5-3-2-4-18(19)13-20(27)24(30)26-10-8-17(9-11-26)23(25)29/h2-7,12,17,20,28H,8-11,13-15H2,1H3,(H2,25,29)/t20-/m0/s1. The summed E-state index contributed by atoms with van der Waals surface area (Å²) < 4.78 is 5.25. The zero-order valence-electron chi connectivity index (χ0n) is 17.8. The van der Waals surface area contributed by atoms with Crippen molar-refractivity contribution in [1.82, 2.24) is 9.80 Å². The zero-order valence-corrected chi connectivity index (χ0v) is 17.8. The molecular weight excluding hydrogens is 394 g/mol. The number of hydrogen-bond donors (Lipinski definition) is 2. The number of carbonyl (C=O) groups is 2. The first kappa shape index (κ1) is 21.2. The van der Waals surface area contributed by atoms with E-state index in [1.54, 1.807) is 6.07 Å². The van der Waals surface area contributed by atoms with Crippen LogP contribution in [0.4, 0.5) is 0 Å². The highest BCUT2D eigenvalue weighted by Crippen LogP contribution is 2.30. The Balaban J connectivity index is 1.56. The Morgan fingerprint density at radius 3 is 2.52 bits per heavy atom. The predicted molar refractivity (Wildman–Crippen MR) is 116 cm³/mol. The van der Waals surface area contributed by atoms with E-state index in [1.165, 1.54) is 18.2 Å². The molecule has 1 fully saturated rings. The molecule has 31 heavy (non-hydrogen) atoms. The minimum Gasteiger partial charge on any atom is -0.504 e. The van der Waals surface area contributed by atoms with Crippen LogP contribution in [-0.4, -0.2) is 53.0 Å². The van der Waals surface area contributed by atoms with Gasteiger partial charge in [0.15, 0.2) is 11.5 Å². The third-order valence-corrected chi connectivity index (χ3v) is 6.47. The van der Waals surface area contributed by atoms with Gasteiger partial charge in [0.25, 0.3) is 0 Å². The Bertz CT molecular complexity index is 969. The molecule has 0 radical (unpaired) electrons. The van der Waals surface area contributed by atoms with Gasteiger partial charge in [-0.15, -0.1) is 0 Å². The van der Waals surface area contributed by atoms with Gasteiger partial charge in [-0.2, -0.15) is 0 Å². The summed E-state index contributed by atoms with van der Waals surface area (Å²) >= 11 is 0. The van der Waals surface area contributed by atoms with Gasteiger partial charge in [0.2, 0.25) is 11.8 Å². The number of nitrogens with two attached hydrogens (primary N) is 1. The van der Waals surface area contributed by atoms with Gasteiger partial charge in [0.05, 0.1) is 13.2 Å². The number of rotatable bonds is 5. The fourth-order valence-corrected chi connectivity index (χ4v) is 4.64. The summed E-state index contributed by atoms with van der Waals surface area (Å²) in [6.45, 7) is 2.36. The van der Waals surface area contributed by atoms with Crippen molar-refractivity contribution >= 4 is 11.8 Å². The molecule has 0 aromatic heterocycles. The maximum Gasteiger partial charge on any atom is 0.240 e. The second-order valence-electron chi connectivity index (χ2n) is 8.40. The topological polar surface area (TPSA) is 96.1 Å². The Kier molecular flexibility index (Phi) is 6.13. The third kappa shape index (κ3) is 4.51. The number of phenols is 1. The molecule has 0 spiro atoms. The molecule has 1 saturated heterocycles. The number of carbonyl (C=O) groups excluding carboxylic acids is 2. The second-order valence-corrected chi connectivity index (χ2v) is 8.40. The van der Waals surface area contributed by atoms with Crippen molar-refractivity contribution in [3.05, 3.63) is 59.2 Å². The van der Waals surface area contributed by atoms with E-state index in [1.807, 2.05) is 29.2 Å². The van der Waals surface area contributed by atoms with Gasteiger partial charge in [-0.25, -0.2) is 0 Å². The molecule has 2 heterocycles. The van der Waals surface area contributed by atoms with Crippen LogP contribution in [0.1, 0.15) is 29.5 Å². The fraction of sp³-hybridized carbons (Fsp3) is 0.417. The van der Waals surface area contributed by atoms with Crippen LogP contribution in [0.25, 0.3) is 0 Å². The molecule has 7 nitrogen and oxygen atoms in total. The largest absolute Gasteiger partial charge is 0.504 e. The summed E-state index contributed by atoms with van der Waals surface area (Å²) in [6.07, 6.45) is 1.90. The van der Waals surface area contributed by atoms with E-state index >= 15 is 0 Å². The van der Waals surface area contributed by atoms with E-state index in [0.29, 0.717) is 51.2 Å².